The van der Waals surface area contributed by atoms with Gasteiger partial charge in [0.05, 0.1) is 0 Å². The minimum Gasteiger partial charge on any atom is -0.399 e. The Labute approximate surface area is 138 Å². The Morgan fingerprint density at radius 3 is 1.74 bits per heavy atom. The number of nitrogens with zero attached hydrogens (tertiary/aromatic N) is 1. The summed E-state index contributed by atoms with van der Waals surface area (Å²) in [6.45, 7) is 3.87. The molecule has 0 aliphatic heterocycles. The van der Waals surface area contributed by atoms with Gasteiger partial charge >= 0.3 is 0 Å². The second kappa shape index (κ2) is 7.01. The van der Waals surface area contributed by atoms with Gasteiger partial charge in [-0.1, -0.05) is 60.7 Å². The molecule has 0 heterocycles. The fourth-order valence-electron chi connectivity index (χ4n) is 2.87. The first kappa shape index (κ1) is 15.2. The molecule has 0 atom stereocenters. The molecule has 0 saturated heterocycles. The highest BCUT2D eigenvalue weighted by Gasteiger charge is 2.11. The van der Waals surface area contributed by atoms with Crippen LogP contribution in [0.3, 0.4) is 0 Å². The molecule has 0 unspecified atom stereocenters. The number of nitrogen functional groups attached to an aromatic ring is 1. The van der Waals surface area contributed by atoms with E-state index < -0.39 is 0 Å². The first-order chi connectivity index (χ1) is 11.2. The van der Waals surface area contributed by atoms with Gasteiger partial charge < -0.3 is 10.6 Å². The number of rotatable bonds is 5. The summed E-state index contributed by atoms with van der Waals surface area (Å²) in [7, 11) is 0. The van der Waals surface area contributed by atoms with Gasteiger partial charge in [0.2, 0.25) is 0 Å². The van der Waals surface area contributed by atoms with Gasteiger partial charge in [0.1, 0.15) is 0 Å². The van der Waals surface area contributed by atoms with Crippen LogP contribution in [0.2, 0.25) is 0 Å². The summed E-state index contributed by atoms with van der Waals surface area (Å²) in [5.41, 5.74) is 11.8. The van der Waals surface area contributed by atoms with E-state index in [4.69, 9.17) is 5.73 Å². The molecular weight excluding hydrogens is 280 g/mol. The van der Waals surface area contributed by atoms with Crippen molar-refractivity contribution < 1.29 is 0 Å². The smallest absolute Gasteiger partial charge is 0.0433 e. The van der Waals surface area contributed by atoms with Crippen molar-refractivity contribution in [3.63, 3.8) is 0 Å². The standard InChI is InChI=1S/C21H22N2/c1-17-14-20(22)12-13-21(17)23(15-18-8-4-2-5-9-18)16-19-10-6-3-7-11-19/h2-14H,15-16,22H2,1H3. The Kier molecular flexibility index (Phi) is 4.62. The number of nitrogens with two attached hydrogens (primary N) is 1. The third-order valence-electron chi connectivity index (χ3n) is 3.99. The Morgan fingerprint density at radius 2 is 1.26 bits per heavy atom. The molecule has 2 N–H and O–H groups in total. The summed E-state index contributed by atoms with van der Waals surface area (Å²) in [6.07, 6.45) is 0. The van der Waals surface area contributed by atoms with E-state index in [0.717, 1.165) is 18.8 Å². The van der Waals surface area contributed by atoms with Crippen molar-refractivity contribution in [3.8, 4) is 0 Å². The van der Waals surface area contributed by atoms with Gasteiger partial charge in [-0.15, -0.1) is 0 Å². The van der Waals surface area contributed by atoms with E-state index in [0.29, 0.717) is 0 Å². The van der Waals surface area contributed by atoms with Crippen LogP contribution >= 0.6 is 0 Å². The minimum absolute atomic E-state index is 0.811. The number of aryl methyl sites for hydroxylation is 1. The molecule has 3 aromatic carbocycles. The van der Waals surface area contributed by atoms with Gasteiger partial charge in [-0.25, -0.2) is 0 Å². The molecular formula is C21H22N2. The zero-order valence-corrected chi connectivity index (χ0v) is 13.4. The number of anilines is 2. The van der Waals surface area contributed by atoms with E-state index in [1.807, 2.05) is 12.1 Å². The van der Waals surface area contributed by atoms with E-state index in [9.17, 15) is 0 Å². The lowest BCUT2D eigenvalue weighted by Gasteiger charge is -2.27. The lowest BCUT2D eigenvalue weighted by atomic mass is 10.1. The number of hydrogen-bond donors (Lipinski definition) is 1. The van der Waals surface area contributed by atoms with Crippen molar-refractivity contribution in [2.24, 2.45) is 0 Å². The highest BCUT2D eigenvalue weighted by Crippen LogP contribution is 2.26. The molecule has 0 radical (unpaired) electrons. The normalized spacial score (nSPS) is 10.5. The molecule has 3 rings (SSSR count). The maximum absolute atomic E-state index is 5.91. The lowest BCUT2D eigenvalue weighted by Crippen LogP contribution is -2.23. The second-order valence-electron chi connectivity index (χ2n) is 5.87. The fourth-order valence-corrected chi connectivity index (χ4v) is 2.87. The van der Waals surface area contributed by atoms with Crippen molar-refractivity contribution in [2.45, 2.75) is 20.0 Å². The van der Waals surface area contributed by atoms with E-state index >= 15 is 0 Å². The SMILES string of the molecule is Cc1cc(N)ccc1N(Cc1ccccc1)Cc1ccccc1. The first-order valence-corrected chi connectivity index (χ1v) is 7.91. The zero-order chi connectivity index (χ0) is 16.1. The van der Waals surface area contributed by atoms with Crippen LogP contribution in [0.25, 0.3) is 0 Å². The maximum Gasteiger partial charge on any atom is 0.0433 e. The molecule has 2 nitrogen and oxygen atoms in total. The lowest BCUT2D eigenvalue weighted by molar-refractivity contribution is 0.796. The van der Waals surface area contributed by atoms with E-state index in [1.54, 1.807) is 0 Å². The van der Waals surface area contributed by atoms with Crippen molar-refractivity contribution in [3.05, 3.63) is 95.6 Å². The van der Waals surface area contributed by atoms with Crippen LogP contribution in [0.15, 0.2) is 78.9 Å². The molecule has 0 aromatic heterocycles. The third kappa shape index (κ3) is 3.92. The molecule has 0 fully saturated rings. The van der Waals surface area contributed by atoms with Crippen molar-refractivity contribution in [2.75, 3.05) is 10.6 Å². The summed E-state index contributed by atoms with van der Waals surface area (Å²) >= 11 is 0. The summed E-state index contributed by atoms with van der Waals surface area (Å²) in [5.74, 6) is 0. The van der Waals surface area contributed by atoms with E-state index in [2.05, 4.69) is 78.6 Å². The van der Waals surface area contributed by atoms with Crippen molar-refractivity contribution in [1.29, 1.82) is 0 Å². The van der Waals surface area contributed by atoms with Gasteiger partial charge in [0, 0.05) is 24.5 Å². The molecule has 23 heavy (non-hydrogen) atoms. The molecule has 3 aromatic rings. The highest BCUT2D eigenvalue weighted by molar-refractivity contribution is 5.59. The summed E-state index contributed by atoms with van der Waals surface area (Å²) in [4.78, 5) is 2.40. The Balaban J connectivity index is 1.92. The molecule has 0 amide bonds. The van der Waals surface area contributed by atoms with Gasteiger partial charge in [-0.3, -0.25) is 0 Å². The Bertz CT molecular complexity index is 710. The average molecular weight is 302 g/mol. The summed E-state index contributed by atoms with van der Waals surface area (Å²) in [5, 5.41) is 0. The summed E-state index contributed by atoms with van der Waals surface area (Å²) in [6, 6.07) is 27.3. The van der Waals surface area contributed by atoms with Gasteiger partial charge in [0.25, 0.3) is 0 Å². The fraction of sp³-hybridized carbons (Fsp3) is 0.143. The van der Waals surface area contributed by atoms with Gasteiger partial charge in [0.15, 0.2) is 0 Å². The minimum atomic E-state index is 0.811. The topological polar surface area (TPSA) is 29.3 Å². The van der Waals surface area contributed by atoms with Crippen LogP contribution in [0.4, 0.5) is 11.4 Å². The van der Waals surface area contributed by atoms with Crippen molar-refractivity contribution >= 4 is 11.4 Å². The second-order valence-corrected chi connectivity index (χ2v) is 5.87. The molecule has 2 heteroatoms. The van der Waals surface area contributed by atoms with Crippen LogP contribution in [0.5, 0.6) is 0 Å². The van der Waals surface area contributed by atoms with Crippen LogP contribution in [0, 0.1) is 6.92 Å². The number of hydrogen-bond acceptors (Lipinski definition) is 2. The largest absolute Gasteiger partial charge is 0.399 e. The number of benzene rings is 3. The molecule has 0 aliphatic rings. The van der Waals surface area contributed by atoms with E-state index in [1.165, 1.54) is 22.4 Å². The van der Waals surface area contributed by atoms with Crippen LogP contribution < -0.4 is 10.6 Å². The van der Waals surface area contributed by atoms with Gasteiger partial charge in [-0.2, -0.15) is 0 Å². The van der Waals surface area contributed by atoms with Gasteiger partial charge in [-0.05, 0) is 41.8 Å². The molecule has 0 spiro atoms. The molecule has 0 saturated carbocycles. The summed E-state index contributed by atoms with van der Waals surface area (Å²) < 4.78 is 0. The first-order valence-electron chi connectivity index (χ1n) is 7.91. The van der Waals surface area contributed by atoms with E-state index in [-0.39, 0.29) is 0 Å². The quantitative estimate of drug-likeness (QED) is 0.687. The predicted octanol–water partition coefficient (Wildman–Crippen LogP) is 4.78. The third-order valence-corrected chi connectivity index (χ3v) is 3.99. The molecule has 0 bridgehead atoms. The van der Waals surface area contributed by atoms with Crippen LogP contribution in [0.1, 0.15) is 16.7 Å². The highest BCUT2D eigenvalue weighted by atomic mass is 15.1. The Morgan fingerprint density at radius 1 is 0.739 bits per heavy atom. The van der Waals surface area contributed by atoms with Crippen molar-refractivity contribution in [1.82, 2.24) is 0 Å². The average Bonchev–Trinajstić information content (AvgIpc) is 2.56. The Hall–Kier alpha value is -2.74. The predicted molar refractivity (Wildman–Crippen MR) is 98.4 cm³/mol. The molecule has 0 aliphatic carbocycles. The monoisotopic (exact) mass is 302 g/mol. The molecule has 116 valence electrons. The van der Waals surface area contributed by atoms with Crippen LogP contribution in [-0.4, -0.2) is 0 Å². The zero-order valence-electron chi connectivity index (χ0n) is 13.4. The van der Waals surface area contributed by atoms with Crippen LogP contribution in [-0.2, 0) is 13.1 Å². The maximum atomic E-state index is 5.91.